The molecule has 1 heterocycles. The predicted molar refractivity (Wildman–Crippen MR) is 80.5 cm³/mol. The van der Waals surface area contributed by atoms with Crippen molar-refractivity contribution in [1.29, 1.82) is 0 Å². The molecule has 3 N–H and O–H groups in total. The van der Waals surface area contributed by atoms with Crippen molar-refractivity contribution < 1.29 is 9.90 Å². The highest BCUT2D eigenvalue weighted by atomic mass is 16.3. The molecule has 5 rings (SSSR count). The lowest BCUT2D eigenvalue weighted by atomic mass is 9.38. The van der Waals surface area contributed by atoms with Crippen molar-refractivity contribution in [2.45, 2.75) is 70.4 Å². The maximum absolute atomic E-state index is 12.7. The first kappa shape index (κ1) is 14.0. The van der Waals surface area contributed by atoms with Crippen LogP contribution in [-0.4, -0.2) is 40.6 Å². The van der Waals surface area contributed by atoms with E-state index in [-0.39, 0.29) is 22.2 Å². The smallest absolute Gasteiger partial charge is 0.240 e. The molecule has 4 bridgehead atoms. The average molecular weight is 292 g/mol. The minimum absolute atomic E-state index is 0.124. The second-order valence-corrected chi connectivity index (χ2v) is 9.43. The number of nitrogens with two attached hydrogens (primary N) is 1. The van der Waals surface area contributed by atoms with Crippen molar-refractivity contribution in [2.24, 2.45) is 22.0 Å². The monoisotopic (exact) mass is 292 g/mol. The van der Waals surface area contributed by atoms with Crippen molar-refractivity contribution in [3.63, 3.8) is 0 Å². The Labute approximate surface area is 127 Å². The van der Waals surface area contributed by atoms with Gasteiger partial charge in [0.2, 0.25) is 5.91 Å². The van der Waals surface area contributed by atoms with Gasteiger partial charge in [0.05, 0.1) is 11.6 Å². The van der Waals surface area contributed by atoms with E-state index in [1.165, 1.54) is 6.42 Å². The molecule has 0 aromatic carbocycles. The van der Waals surface area contributed by atoms with Crippen LogP contribution in [0.1, 0.15) is 58.8 Å². The lowest BCUT2D eigenvalue weighted by Crippen LogP contribution is -2.69. The van der Waals surface area contributed by atoms with Crippen LogP contribution in [0, 0.1) is 16.2 Å². The van der Waals surface area contributed by atoms with Crippen LogP contribution in [0.2, 0.25) is 0 Å². The van der Waals surface area contributed by atoms with Gasteiger partial charge in [0.1, 0.15) is 0 Å². The third-order valence-electron chi connectivity index (χ3n) is 6.70. The molecule has 0 aromatic heterocycles. The molecule has 1 aliphatic heterocycles. The summed E-state index contributed by atoms with van der Waals surface area (Å²) < 4.78 is 0. The molecule has 4 aliphatic carbocycles. The summed E-state index contributed by atoms with van der Waals surface area (Å²) in [5.74, 6) is 0.124. The summed E-state index contributed by atoms with van der Waals surface area (Å²) in [7, 11) is 0. The van der Waals surface area contributed by atoms with Gasteiger partial charge in [-0.3, -0.25) is 4.79 Å². The molecule has 4 nitrogen and oxygen atoms in total. The molecular weight excluding hydrogens is 264 g/mol. The summed E-state index contributed by atoms with van der Waals surface area (Å²) in [6.07, 6.45) is 6.81. The van der Waals surface area contributed by atoms with Gasteiger partial charge in [-0.15, -0.1) is 0 Å². The van der Waals surface area contributed by atoms with Crippen molar-refractivity contribution >= 4 is 5.91 Å². The van der Waals surface area contributed by atoms with Crippen LogP contribution in [0.3, 0.4) is 0 Å². The van der Waals surface area contributed by atoms with Gasteiger partial charge >= 0.3 is 0 Å². The van der Waals surface area contributed by atoms with E-state index in [9.17, 15) is 9.90 Å². The number of nitrogens with zero attached hydrogens (tertiary/aromatic N) is 1. The Hall–Kier alpha value is -0.610. The highest BCUT2D eigenvalue weighted by Gasteiger charge is 2.67. The average Bonchev–Trinajstić information content (AvgIpc) is 2.18. The van der Waals surface area contributed by atoms with E-state index in [0.717, 1.165) is 51.6 Å². The van der Waals surface area contributed by atoms with Crippen LogP contribution in [-0.2, 0) is 4.79 Å². The maximum Gasteiger partial charge on any atom is 0.240 e. The largest absolute Gasteiger partial charge is 0.390 e. The highest BCUT2D eigenvalue weighted by Crippen LogP contribution is 2.71. The zero-order chi connectivity index (χ0) is 15.1. The zero-order valence-corrected chi connectivity index (χ0v) is 13.3. The molecule has 1 amide bonds. The number of rotatable bonds is 2. The zero-order valence-electron chi connectivity index (χ0n) is 13.3. The number of carbonyl (C=O) groups is 1. The summed E-state index contributed by atoms with van der Waals surface area (Å²) in [6, 6.07) is -0.427. The van der Waals surface area contributed by atoms with Crippen LogP contribution >= 0.6 is 0 Å². The molecule has 21 heavy (non-hydrogen) atoms. The summed E-state index contributed by atoms with van der Waals surface area (Å²) in [5.41, 5.74) is 6.04. The third kappa shape index (κ3) is 1.91. The first-order chi connectivity index (χ1) is 9.67. The molecule has 0 radical (unpaired) electrons. The summed E-state index contributed by atoms with van der Waals surface area (Å²) in [4.78, 5) is 14.6. The van der Waals surface area contributed by atoms with Crippen LogP contribution < -0.4 is 5.73 Å². The molecule has 0 spiro atoms. The topological polar surface area (TPSA) is 66.6 Å². The third-order valence-corrected chi connectivity index (χ3v) is 6.70. The van der Waals surface area contributed by atoms with Crippen LogP contribution in [0.15, 0.2) is 0 Å². The van der Waals surface area contributed by atoms with Gasteiger partial charge in [-0.1, -0.05) is 13.8 Å². The van der Waals surface area contributed by atoms with Crippen LogP contribution in [0.25, 0.3) is 0 Å². The lowest BCUT2D eigenvalue weighted by Gasteiger charge is -2.69. The Morgan fingerprint density at radius 3 is 2.05 bits per heavy atom. The van der Waals surface area contributed by atoms with Crippen molar-refractivity contribution in [2.75, 3.05) is 13.1 Å². The molecule has 5 fully saturated rings. The van der Waals surface area contributed by atoms with Gasteiger partial charge in [-0.05, 0) is 61.2 Å². The molecular formula is C17H28N2O2. The number of hydrogen-bond donors (Lipinski definition) is 2. The Morgan fingerprint density at radius 2 is 1.62 bits per heavy atom. The van der Waals surface area contributed by atoms with E-state index in [4.69, 9.17) is 5.73 Å². The highest BCUT2D eigenvalue weighted by molar-refractivity contribution is 5.83. The van der Waals surface area contributed by atoms with Crippen LogP contribution in [0.4, 0.5) is 0 Å². The minimum atomic E-state index is -0.592. The number of amides is 1. The normalized spacial score (nSPS) is 52.7. The quantitative estimate of drug-likeness (QED) is 0.813. The van der Waals surface area contributed by atoms with E-state index < -0.39 is 11.6 Å². The van der Waals surface area contributed by atoms with Gasteiger partial charge in [0.25, 0.3) is 0 Å². The van der Waals surface area contributed by atoms with Crippen molar-refractivity contribution in [3.8, 4) is 0 Å². The Morgan fingerprint density at radius 1 is 1.05 bits per heavy atom. The van der Waals surface area contributed by atoms with E-state index >= 15 is 0 Å². The number of likely N-dealkylation sites (tertiary alicyclic amines) is 1. The van der Waals surface area contributed by atoms with Gasteiger partial charge in [0.15, 0.2) is 0 Å². The van der Waals surface area contributed by atoms with Gasteiger partial charge in [-0.25, -0.2) is 0 Å². The summed E-state index contributed by atoms with van der Waals surface area (Å²) in [5, 5.41) is 11.1. The molecule has 4 saturated carbocycles. The molecule has 2 unspecified atom stereocenters. The number of carbonyl (C=O) groups excluding carboxylic acids is 1. The Kier molecular flexibility index (Phi) is 2.55. The minimum Gasteiger partial charge on any atom is -0.390 e. The van der Waals surface area contributed by atoms with Crippen molar-refractivity contribution in [1.82, 2.24) is 4.90 Å². The Bertz CT molecular complexity index is 445. The van der Waals surface area contributed by atoms with Gasteiger partial charge in [-0.2, -0.15) is 0 Å². The fourth-order valence-electron chi connectivity index (χ4n) is 7.05. The summed E-state index contributed by atoms with van der Waals surface area (Å²) in [6.45, 7) is 6.31. The SMILES string of the molecule is CC12CC3(C)CC(O)(C1)CC([C@H](N)C(=O)N1CCC1)(C2)C3. The Balaban J connectivity index is 1.68. The van der Waals surface area contributed by atoms with E-state index in [1.54, 1.807) is 0 Å². The molecule has 4 heteroatoms. The first-order valence-electron chi connectivity index (χ1n) is 8.44. The van der Waals surface area contributed by atoms with Gasteiger partial charge < -0.3 is 15.7 Å². The fraction of sp³-hybridized carbons (Fsp3) is 0.941. The number of hydrogen-bond acceptors (Lipinski definition) is 3. The van der Waals surface area contributed by atoms with Gasteiger partial charge in [0, 0.05) is 13.1 Å². The lowest BCUT2D eigenvalue weighted by molar-refractivity contribution is -0.230. The van der Waals surface area contributed by atoms with Crippen LogP contribution in [0.5, 0.6) is 0 Å². The number of aliphatic hydroxyl groups is 1. The van der Waals surface area contributed by atoms with Crippen molar-refractivity contribution in [3.05, 3.63) is 0 Å². The molecule has 3 atom stereocenters. The molecule has 0 aromatic rings. The second-order valence-electron chi connectivity index (χ2n) is 9.43. The molecule has 1 saturated heterocycles. The summed E-state index contributed by atoms with van der Waals surface area (Å²) >= 11 is 0. The first-order valence-corrected chi connectivity index (χ1v) is 8.44. The standard InChI is InChI=1S/C17H28N2O2/c1-14-6-15(2)8-16(7-14,11-17(21,9-14)10-15)12(18)13(20)19-4-3-5-19/h12,21H,3-11,18H2,1-2H3/t12-,14?,15?,16?,17?/m1/s1. The fourth-order valence-corrected chi connectivity index (χ4v) is 7.05. The van der Waals surface area contributed by atoms with E-state index in [0.29, 0.717) is 0 Å². The van der Waals surface area contributed by atoms with E-state index in [1.807, 2.05) is 4.90 Å². The predicted octanol–water partition coefficient (Wildman–Crippen LogP) is 1.66. The second kappa shape index (κ2) is 3.83. The molecule has 5 aliphatic rings. The van der Waals surface area contributed by atoms with E-state index in [2.05, 4.69) is 13.8 Å². The maximum atomic E-state index is 12.7. The molecule has 118 valence electrons.